The van der Waals surface area contributed by atoms with Gasteiger partial charge >= 0.3 is 5.97 Å². The number of methoxy groups -OCH3 is 1. The number of nitrogens with one attached hydrogen (secondary N) is 2. The molecule has 0 fully saturated rings. The number of halogens is 1. The Morgan fingerprint density at radius 2 is 1.90 bits per heavy atom. The van der Waals surface area contributed by atoms with Gasteiger partial charge < -0.3 is 14.8 Å². The summed E-state index contributed by atoms with van der Waals surface area (Å²) in [5.41, 5.74) is 1.12. The molecular weight excluding hydrogens is 432 g/mol. The molecule has 0 aliphatic heterocycles. The van der Waals surface area contributed by atoms with Crippen LogP contribution >= 0.6 is 11.6 Å². The summed E-state index contributed by atoms with van der Waals surface area (Å²) in [6.45, 7) is 5.03. The number of carbonyl (C=O) groups is 2. The standard InChI is InChI=1S/C20H23ClN2O6S/c1-5-22-30(26,27)15-8-6-7-14(10-15)20(25)29-13(3)19(24)23-17-9-12(2)16(21)11-18(17)28-4/h6-11,13,22H,5H2,1-4H3,(H,23,24). The second-order valence-corrected chi connectivity index (χ2v) is 8.54. The van der Waals surface area contributed by atoms with Crippen molar-refractivity contribution in [2.45, 2.75) is 31.8 Å². The van der Waals surface area contributed by atoms with E-state index >= 15 is 0 Å². The molecule has 1 unspecified atom stereocenters. The van der Waals surface area contributed by atoms with E-state index in [1.54, 1.807) is 26.0 Å². The summed E-state index contributed by atoms with van der Waals surface area (Å²) in [5.74, 6) is -1.05. The zero-order valence-corrected chi connectivity index (χ0v) is 18.6. The van der Waals surface area contributed by atoms with Gasteiger partial charge in [0, 0.05) is 17.6 Å². The maximum atomic E-state index is 12.5. The lowest BCUT2D eigenvalue weighted by Crippen LogP contribution is -2.30. The Labute approximate surface area is 180 Å². The van der Waals surface area contributed by atoms with Crippen LogP contribution in [0.2, 0.25) is 5.02 Å². The minimum absolute atomic E-state index is 0.00791. The lowest BCUT2D eigenvalue weighted by Gasteiger charge is -2.16. The Bertz CT molecular complexity index is 1060. The summed E-state index contributed by atoms with van der Waals surface area (Å²) in [4.78, 5) is 24.8. The van der Waals surface area contributed by atoms with Crippen LogP contribution < -0.4 is 14.8 Å². The van der Waals surface area contributed by atoms with E-state index < -0.39 is 28.0 Å². The highest BCUT2D eigenvalue weighted by molar-refractivity contribution is 7.89. The molecule has 162 valence electrons. The highest BCUT2D eigenvalue weighted by Crippen LogP contribution is 2.31. The summed E-state index contributed by atoms with van der Waals surface area (Å²) in [6, 6.07) is 8.59. The summed E-state index contributed by atoms with van der Waals surface area (Å²) in [6.07, 6.45) is -1.15. The Hall–Kier alpha value is -2.62. The molecule has 0 aliphatic rings. The largest absolute Gasteiger partial charge is 0.495 e. The van der Waals surface area contributed by atoms with Crippen molar-refractivity contribution in [2.75, 3.05) is 19.0 Å². The number of carbonyl (C=O) groups excluding carboxylic acids is 2. The molecule has 0 heterocycles. The van der Waals surface area contributed by atoms with Crippen molar-refractivity contribution in [1.29, 1.82) is 0 Å². The number of rotatable bonds is 8. The molecule has 2 aromatic rings. The van der Waals surface area contributed by atoms with Gasteiger partial charge in [0.2, 0.25) is 10.0 Å². The number of sulfonamides is 1. The second-order valence-electron chi connectivity index (χ2n) is 6.37. The number of esters is 1. The van der Waals surface area contributed by atoms with Crippen LogP contribution in [0, 0.1) is 6.92 Å². The van der Waals surface area contributed by atoms with Crippen LogP contribution in [-0.2, 0) is 19.6 Å². The number of aryl methyl sites for hydroxylation is 1. The van der Waals surface area contributed by atoms with Gasteiger partial charge in [-0.1, -0.05) is 24.6 Å². The molecular formula is C20H23ClN2O6S. The van der Waals surface area contributed by atoms with E-state index in [-0.39, 0.29) is 17.0 Å². The fourth-order valence-electron chi connectivity index (χ4n) is 2.51. The molecule has 2 rings (SSSR count). The number of hydrogen-bond acceptors (Lipinski definition) is 6. The zero-order valence-electron chi connectivity index (χ0n) is 17.0. The van der Waals surface area contributed by atoms with Gasteiger partial charge in [0.05, 0.1) is 23.3 Å². The van der Waals surface area contributed by atoms with Crippen molar-refractivity contribution < 1.29 is 27.5 Å². The maximum Gasteiger partial charge on any atom is 0.338 e. The molecule has 30 heavy (non-hydrogen) atoms. The molecule has 2 aromatic carbocycles. The quantitative estimate of drug-likeness (QED) is 0.593. The first-order valence-corrected chi connectivity index (χ1v) is 10.9. The average Bonchev–Trinajstić information content (AvgIpc) is 2.70. The maximum absolute atomic E-state index is 12.5. The van der Waals surface area contributed by atoms with Gasteiger partial charge in [-0.25, -0.2) is 17.9 Å². The third-order valence-corrected chi connectivity index (χ3v) is 6.06. The van der Waals surface area contributed by atoms with Gasteiger partial charge in [-0.3, -0.25) is 4.79 Å². The fourth-order valence-corrected chi connectivity index (χ4v) is 3.75. The highest BCUT2D eigenvalue weighted by atomic mass is 35.5. The van der Waals surface area contributed by atoms with Crippen LogP contribution in [0.15, 0.2) is 41.3 Å². The normalized spacial score (nSPS) is 12.2. The molecule has 10 heteroatoms. The van der Waals surface area contributed by atoms with Crippen LogP contribution in [0.1, 0.15) is 29.8 Å². The SMILES string of the molecule is CCNS(=O)(=O)c1cccc(C(=O)OC(C)C(=O)Nc2cc(C)c(Cl)cc2OC)c1. The van der Waals surface area contributed by atoms with Crippen molar-refractivity contribution >= 4 is 39.2 Å². The van der Waals surface area contributed by atoms with E-state index in [9.17, 15) is 18.0 Å². The Morgan fingerprint density at radius 1 is 1.20 bits per heavy atom. The fraction of sp³-hybridized carbons (Fsp3) is 0.300. The van der Waals surface area contributed by atoms with E-state index in [1.807, 2.05) is 0 Å². The van der Waals surface area contributed by atoms with Crippen molar-refractivity contribution in [2.24, 2.45) is 0 Å². The van der Waals surface area contributed by atoms with E-state index in [1.165, 1.54) is 38.3 Å². The number of hydrogen-bond donors (Lipinski definition) is 2. The number of benzene rings is 2. The van der Waals surface area contributed by atoms with Crippen LogP contribution in [0.3, 0.4) is 0 Å². The molecule has 0 aliphatic carbocycles. The lowest BCUT2D eigenvalue weighted by atomic mass is 10.2. The van der Waals surface area contributed by atoms with Gasteiger partial charge in [-0.2, -0.15) is 0 Å². The molecule has 0 spiro atoms. The molecule has 1 amide bonds. The topological polar surface area (TPSA) is 111 Å². The van der Waals surface area contributed by atoms with Gasteiger partial charge in [-0.15, -0.1) is 0 Å². The first-order valence-electron chi connectivity index (χ1n) is 9.04. The van der Waals surface area contributed by atoms with Gasteiger partial charge in [0.1, 0.15) is 5.75 Å². The molecule has 0 aromatic heterocycles. The van der Waals surface area contributed by atoms with Gasteiger partial charge in [-0.05, 0) is 43.7 Å². The van der Waals surface area contributed by atoms with Gasteiger partial charge in [0.15, 0.2) is 6.10 Å². The van der Waals surface area contributed by atoms with Crippen molar-refractivity contribution in [3.8, 4) is 5.75 Å². The smallest absolute Gasteiger partial charge is 0.338 e. The van der Waals surface area contributed by atoms with Crippen LogP contribution in [0.5, 0.6) is 5.75 Å². The lowest BCUT2D eigenvalue weighted by molar-refractivity contribution is -0.123. The van der Waals surface area contributed by atoms with Gasteiger partial charge in [0.25, 0.3) is 5.91 Å². The molecule has 0 saturated heterocycles. The predicted octanol–water partition coefficient (Wildman–Crippen LogP) is 3.14. The molecule has 2 N–H and O–H groups in total. The van der Waals surface area contributed by atoms with Crippen LogP contribution in [-0.4, -0.2) is 40.1 Å². The van der Waals surface area contributed by atoms with Crippen LogP contribution in [0.25, 0.3) is 0 Å². The summed E-state index contributed by atoms with van der Waals surface area (Å²) in [7, 11) is -2.29. The van der Waals surface area contributed by atoms with E-state index in [0.29, 0.717) is 16.5 Å². The summed E-state index contributed by atoms with van der Waals surface area (Å²) in [5, 5.41) is 3.12. The molecule has 1 atom stereocenters. The molecule has 0 bridgehead atoms. The summed E-state index contributed by atoms with van der Waals surface area (Å²) >= 11 is 6.06. The Balaban J connectivity index is 2.13. The Kier molecular flexibility index (Phi) is 7.83. The van der Waals surface area contributed by atoms with E-state index in [0.717, 1.165) is 5.56 Å². The van der Waals surface area contributed by atoms with Crippen molar-refractivity contribution in [3.63, 3.8) is 0 Å². The van der Waals surface area contributed by atoms with E-state index in [2.05, 4.69) is 10.0 Å². The third kappa shape index (κ3) is 5.71. The molecule has 0 saturated carbocycles. The Morgan fingerprint density at radius 3 is 2.53 bits per heavy atom. The third-order valence-electron chi connectivity index (χ3n) is 4.11. The van der Waals surface area contributed by atoms with Crippen LogP contribution in [0.4, 0.5) is 5.69 Å². The monoisotopic (exact) mass is 454 g/mol. The first kappa shape index (κ1) is 23.7. The number of amides is 1. The average molecular weight is 455 g/mol. The highest BCUT2D eigenvalue weighted by Gasteiger charge is 2.22. The number of ether oxygens (including phenoxy) is 2. The van der Waals surface area contributed by atoms with E-state index in [4.69, 9.17) is 21.1 Å². The molecule has 8 nitrogen and oxygen atoms in total. The molecule has 0 radical (unpaired) electrons. The van der Waals surface area contributed by atoms with Crippen molar-refractivity contribution in [1.82, 2.24) is 4.72 Å². The minimum atomic E-state index is -3.73. The first-order chi connectivity index (χ1) is 14.1. The predicted molar refractivity (Wildman–Crippen MR) is 114 cm³/mol. The van der Waals surface area contributed by atoms with Crippen molar-refractivity contribution in [3.05, 3.63) is 52.5 Å². The number of anilines is 1. The minimum Gasteiger partial charge on any atom is -0.495 e. The summed E-state index contributed by atoms with van der Waals surface area (Å²) < 4.78 is 37.0. The zero-order chi connectivity index (χ0) is 22.5. The second kappa shape index (κ2) is 9.92.